The highest BCUT2D eigenvalue weighted by atomic mass is 35.5. The van der Waals surface area contributed by atoms with Crippen molar-refractivity contribution in [3.63, 3.8) is 0 Å². The average Bonchev–Trinajstić information content (AvgIpc) is 2.48. The van der Waals surface area contributed by atoms with Crippen LogP contribution in [0.2, 0.25) is 5.02 Å². The minimum atomic E-state index is -1.19. The topological polar surface area (TPSA) is 81.1 Å². The summed E-state index contributed by atoms with van der Waals surface area (Å²) in [7, 11) is 0. The summed E-state index contributed by atoms with van der Waals surface area (Å²) in [4.78, 5) is 12.0. The minimum Gasteiger partial charge on any atom is -0.397 e. The molecule has 0 fully saturated rings. The van der Waals surface area contributed by atoms with Gasteiger partial charge in [-0.15, -0.1) is 0 Å². The van der Waals surface area contributed by atoms with Gasteiger partial charge in [-0.3, -0.25) is 4.79 Å². The molecule has 5 N–H and O–H groups in total. The molecule has 0 radical (unpaired) electrons. The van der Waals surface area contributed by atoms with E-state index in [1.54, 1.807) is 12.1 Å². The first-order chi connectivity index (χ1) is 10.3. The lowest BCUT2D eigenvalue weighted by atomic mass is 10.0. The van der Waals surface area contributed by atoms with Gasteiger partial charge in [0.05, 0.1) is 16.4 Å². The van der Waals surface area contributed by atoms with Gasteiger partial charge in [0.1, 0.15) is 0 Å². The quantitative estimate of drug-likeness (QED) is 0.599. The van der Waals surface area contributed by atoms with Gasteiger partial charge in [0.25, 0.3) is 5.91 Å². The van der Waals surface area contributed by atoms with Crippen molar-refractivity contribution in [1.82, 2.24) is 5.32 Å². The molecule has 2 aromatic rings. The molecule has 1 amide bonds. The van der Waals surface area contributed by atoms with E-state index in [0.717, 1.165) is 17.7 Å². The van der Waals surface area contributed by atoms with E-state index in [0.29, 0.717) is 16.9 Å². The molecule has 0 saturated heterocycles. The largest absolute Gasteiger partial charge is 0.397 e. The molecule has 22 heavy (non-hydrogen) atoms. The van der Waals surface area contributed by atoms with Crippen molar-refractivity contribution in [3.05, 3.63) is 57.6 Å². The normalized spacial score (nSPS) is 10.5. The molecular weight excluding hydrogens is 312 g/mol. The number of carbonyl (C=O) groups is 1. The van der Waals surface area contributed by atoms with Gasteiger partial charge in [-0.1, -0.05) is 17.7 Å². The predicted molar refractivity (Wildman–Crippen MR) is 82.5 cm³/mol. The second-order valence-electron chi connectivity index (χ2n) is 4.80. The fourth-order valence-electron chi connectivity index (χ4n) is 1.98. The Labute approximate surface area is 131 Å². The Hall–Kier alpha value is -2.34. The molecular formula is C15H14ClF2N3O. The number of rotatable bonds is 3. The zero-order chi connectivity index (χ0) is 16.4. The number of nitrogens with two attached hydrogens (primary N) is 2. The van der Waals surface area contributed by atoms with E-state index in [9.17, 15) is 13.6 Å². The smallest absolute Gasteiger partial charge is 0.251 e. The van der Waals surface area contributed by atoms with Crippen molar-refractivity contribution in [2.75, 3.05) is 11.5 Å². The molecule has 0 aliphatic heterocycles. The number of anilines is 2. The zero-order valence-electron chi connectivity index (χ0n) is 11.7. The number of halogens is 3. The Morgan fingerprint density at radius 1 is 1.27 bits per heavy atom. The van der Waals surface area contributed by atoms with Crippen molar-refractivity contribution < 1.29 is 13.6 Å². The number of nitrogen functional groups attached to an aromatic ring is 2. The van der Waals surface area contributed by atoms with Crippen LogP contribution in [0.4, 0.5) is 20.2 Å². The van der Waals surface area contributed by atoms with Crippen LogP contribution in [0.3, 0.4) is 0 Å². The van der Waals surface area contributed by atoms with Crippen molar-refractivity contribution >= 4 is 28.9 Å². The summed E-state index contributed by atoms with van der Waals surface area (Å²) in [6.45, 7) is 1.93. The van der Waals surface area contributed by atoms with Crippen molar-refractivity contribution in [2.45, 2.75) is 13.5 Å². The first-order valence-corrected chi connectivity index (χ1v) is 6.75. The summed E-state index contributed by atoms with van der Waals surface area (Å²) in [6, 6.07) is 5.30. The molecule has 2 rings (SSSR count). The molecule has 0 aliphatic carbocycles. The van der Waals surface area contributed by atoms with E-state index in [4.69, 9.17) is 23.1 Å². The SMILES string of the molecule is Cc1ccc(N)c(N)c1CNC(=O)c1cc(F)c(F)c(Cl)c1. The number of carbonyl (C=O) groups excluding carboxylic acids is 1. The molecule has 7 heteroatoms. The number of hydrogen-bond acceptors (Lipinski definition) is 3. The number of aryl methyl sites for hydroxylation is 1. The summed E-state index contributed by atoms with van der Waals surface area (Å²) in [5.41, 5.74) is 13.8. The van der Waals surface area contributed by atoms with Gasteiger partial charge in [-0.25, -0.2) is 8.78 Å². The Balaban J connectivity index is 2.19. The average molecular weight is 326 g/mol. The zero-order valence-corrected chi connectivity index (χ0v) is 12.5. The van der Waals surface area contributed by atoms with Gasteiger partial charge < -0.3 is 16.8 Å². The van der Waals surface area contributed by atoms with E-state index in [1.165, 1.54) is 0 Å². The summed E-state index contributed by atoms with van der Waals surface area (Å²) < 4.78 is 26.4. The van der Waals surface area contributed by atoms with Crippen LogP contribution in [0.5, 0.6) is 0 Å². The number of amides is 1. The highest BCUT2D eigenvalue weighted by molar-refractivity contribution is 6.31. The molecule has 0 heterocycles. The molecule has 0 aliphatic rings. The van der Waals surface area contributed by atoms with Crippen LogP contribution in [0.15, 0.2) is 24.3 Å². The summed E-state index contributed by atoms with van der Waals surface area (Å²) >= 11 is 5.52. The lowest BCUT2D eigenvalue weighted by Gasteiger charge is -2.13. The third-order valence-corrected chi connectivity index (χ3v) is 3.57. The van der Waals surface area contributed by atoms with Gasteiger partial charge in [0.15, 0.2) is 11.6 Å². The van der Waals surface area contributed by atoms with E-state index in [1.807, 2.05) is 6.92 Å². The summed E-state index contributed by atoms with van der Waals surface area (Å²) in [6.07, 6.45) is 0. The molecule has 0 atom stereocenters. The van der Waals surface area contributed by atoms with Gasteiger partial charge in [-0.2, -0.15) is 0 Å². The maximum atomic E-state index is 13.3. The molecule has 0 aromatic heterocycles. The maximum absolute atomic E-state index is 13.3. The first kappa shape index (κ1) is 16.0. The van der Waals surface area contributed by atoms with Crippen LogP contribution in [0, 0.1) is 18.6 Å². The number of hydrogen-bond donors (Lipinski definition) is 3. The van der Waals surface area contributed by atoms with E-state index in [-0.39, 0.29) is 12.1 Å². The van der Waals surface area contributed by atoms with Crippen LogP contribution in [-0.4, -0.2) is 5.91 Å². The number of benzene rings is 2. The lowest BCUT2D eigenvalue weighted by molar-refractivity contribution is 0.0950. The Morgan fingerprint density at radius 2 is 1.95 bits per heavy atom. The molecule has 0 unspecified atom stereocenters. The summed E-state index contributed by atoms with van der Waals surface area (Å²) in [5.74, 6) is -2.96. The predicted octanol–water partition coefficient (Wildman–Crippen LogP) is 3.02. The Bertz CT molecular complexity index is 727. The molecule has 116 valence electrons. The van der Waals surface area contributed by atoms with Crippen molar-refractivity contribution in [2.24, 2.45) is 0 Å². The third kappa shape index (κ3) is 3.12. The molecule has 0 spiro atoms. The van der Waals surface area contributed by atoms with Crippen molar-refractivity contribution in [1.29, 1.82) is 0 Å². The molecule has 4 nitrogen and oxygen atoms in total. The number of nitrogens with one attached hydrogen (secondary N) is 1. The Morgan fingerprint density at radius 3 is 2.59 bits per heavy atom. The van der Waals surface area contributed by atoms with E-state index < -0.39 is 22.6 Å². The second kappa shape index (κ2) is 6.19. The van der Waals surface area contributed by atoms with E-state index >= 15 is 0 Å². The standard InChI is InChI=1S/C15H14ClF2N3O/c1-7-2-3-12(19)14(20)9(7)6-21-15(22)8-4-10(16)13(18)11(17)5-8/h2-5H,6,19-20H2,1H3,(H,21,22). The minimum absolute atomic E-state index is 0.0796. The van der Waals surface area contributed by atoms with Gasteiger partial charge in [0, 0.05) is 12.1 Å². The van der Waals surface area contributed by atoms with Crippen LogP contribution < -0.4 is 16.8 Å². The second-order valence-corrected chi connectivity index (χ2v) is 5.21. The van der Waals surface area contributed by atoms with E-state index in [2.05, 4.69) is 5.32 Å². The Kier molecular flexibility index (Phi) is 4.51. The van der Waals surface area contributed by atoms with Crippen LogP contribution in [0.25, 0.3) is 0 Å². The highest BCUT2D eigenvalue weighted by Gasteiger charge is 2.15. The lowest BCUT2D eigenvalue weighted by Crippen LogP contribution is -2.24. The van der Waals surface area contributed by atoms with Crippen LogP contribution >= 0.6 is 11.6 Å². The fourth-order valence-corrected chi connectivity index (χ4v) is 2.19. The van der Waals surface area contributed by atoms with Crippen molar-refractivity contribution in [3.8, 4) is 0 Å². The van der Waals surface area contributed by atoms with Gasteiger partial charge >= 0.3 is 0 Å². The summed E-state index contributed by atoms with van der Waals surface area (Å²) in [5, 5.41) is 2.12. The first-order valence-electron chi connectivity index (χ1n) is 6.37. The third-order valence-electron chi connectivity index (χ3n) is 3.30. The van der Waals surface area contributed by atoms with Crippen LogP contribution in [-0.2, 0) is 6.54 Å². The van der Waals surface area contributed by atoms with Gasteiger partial charge in [-0.05, 0) is 36.2 Å². The molecule has 0 bridgehead atoms. The molecule has 2 aromatic carbocycles. The van der Waals surface area contributed by atoms with Crippen LogP contribution in [0.1, 0.15) is 21.5 Å². The maximum Gasteiger partial charge on any atom is 0.251 e. The molecule has 0 saturated carbocycles. The fraction of sp³-hybridized carbons (Fsp3) is 0.133. The monoisotopic (exact) mass is 325 g/mol. The highest BCUT2D eigenvalue weighted by Crippen LogP contribution is 2.24. The van der Waals surface area contributed by atoms with Gasteiger partial charge in [0.2, 0.25) is 0 Å².